The molecular weight excluding hydrogens is 508 g/mol. The molecular formula is C27H27ClN6O2S. The summed E-state index contributed by atoms with van der Waals surface area (Å²) in [5.74, 6) is 1.30. The third-order valence-electron chi connectivity index (χ3n) is 5.24. The molecule has 3 aromatic carbocycles. The van der Waals surface area contributed by atoms with Crippen molar-refractivity contribution >= 4 is 41.2 Å². The molecule has 0 radical (unpaired) electrons. The first-order valence-corrected chi connectivity index (χ1v) is 13.0. The molecule has 0 saturated carbocycles. The first-order chi connectivity index (χ1) is 18.0. The van der Waals surface area contributed by atoms with Crippen molar-refractivity contribution in [2.45, 2.75) is 30.8 Å². The maximum Gasteiger partial charge on any atom is 0.253 e. The normalized spacial score (nSPS) is 11.9. The number of aromatic nitrogens is 3. The summed E-state index contributed by atoms with van der Waals surface area (Å²) < 4.78 is 7.46. The highest BCUT2D eigenvalue weighted by molar-refractivity contribution is 8.00. The molecule has 0 spiro atoms. The van der Waals surface area contributed by atoms with E-state index in [2.05, 4.69) is 26.0 Å². The third-order valence-corrected chi connectivity index (χ3v) is 6.54. The topological polar surface area (TPSA) is 93.4 Å². The number of hydrazone groups is 1. The van der Waals surface area contributed by atoms with Gasteiger partial charge in [-0.2, -0.15) is 5.10 Å². The van der Waals surface area contributed by atoms with Gasteiger partial charge in [-0.15, -0.1) is 10.2 Å². The summed E-state index contributed by atoms with van der Waals surface area (Å²) in [7, 11) is 0. The number of para-hydroxylation sites is 1. The summed E-state index contributed by atoms with van der Waals surface area (Å²) in [5, 5.41) is 17.0. The van der Waals surface area contributed by atoms with Crippen molar-refractivity contribution in [1.82, 2.24) is 20.2 Å². The van der Waals surface area contributed by atoms with Gasteiger partial charge in [0, 0.05) is 16.4 Å². The lowest BCUT2D eigenvalue weighted by Crippen LogP contribution is -2.27. The maximum atomic E-state index is 12.7. The van der Waals surface area contributed by atoms with E-state index >= 15 is 0 Å². The fourth-order valence-corrected chi connectivity index (χ4v) is 4.37. The van der Waals surface area contributed by atoms with Crippen LogP contribution in [0.2, 0.25) is 5.02 Å². The quantitative estimate of drug-likeness (QED) is 0.149. The zero-order valence-electron chi connectivity index (χ0n) is 20.5. The number of amides is 1. The minimum absolute atomic E-state index is 0.244. The molecule has 1 atom stereocenters. The van der Waals surface area contributed by atoms with Crippen molar-refractivity contribution in [3.63, 3.8) is 0 Å². The van der Waals surface area contributed by atoms with Crippen LogP contribution >= 0.6 is 23.4 Å². The van der Waals surface area contributed by atoms with Crippen LogP contribution in [-0.2, 0) is 11.3 Å². The molecule has 2 N–H and O–H groups in total. The van der Waals surface area contributed by atoms with Crippen molar-refractivity contribution < 1.29 is 9.53 Å². The first-order valence-electron chi connectivity index (χ1n) is 11.7. The number of halogens is 1. The Morgan fingerprint density at radius 2 is 1.81 bits per heavy atom. The molecule has 0 saturated heterocycles. The predicted molar refractivity (Wildman–Crippen MR) is 149 cm³/mol. The van der Waals surface area contributed by atoms with Gasteiger partial charge in [-0.1, -0.05) is 53.7 Å². The van der Waals surface area contributed by atoms with Crippen LogP contribution in [-0.4, -0.2) is 38.7 Å². The highest BCUT2D eigenvalue weighted by atomic mass is 35.5. The van der Waals surface area contributed by atoms with Crippen LogP contribution < -0.4 is 15.5 Å². The Labute approximate surface area is 225 Å². The Morgan fingerprint density at radius 1 is 1.08 bits per heavy atom. The number of nitrogens with zero attached hydrogens (tertiary/aromatic N) is 4. The molecule has 37 heavy (non-hydrogen) atoms. The van der Waals surface area contributed by atoms with E-state index in [1.807, 2.05) is 78.2 Å². The number of thioether (sulfide) groups is 1. The Kier molecular flexibility index (Phi) is 9.18. The smallest absolute Gasteiger partial charge is 0.253 e. The lowest BCUT2D eigenvalue weighted by Gasteiger charge is -2.13. The molecule has 10 heteroatoms. The van der Waals surface area contributed by atoms with Crippen LogP contribution in [0.1, 0.15) is 25.2 Å². The van der Waals surface area contributed by atoms with Crippen LogP contribution in [0.25, 0.3) is 5.69 Å². The van der Waals surface area contributed by atoms with E-state index in [4.69, 9.17) is 16.3 Å². The number of anilines is 1. The van der Waals surface area contributed by atoms with Gasteiger partial charge < -0.3 is 10.1 Å². The highest BCUT2D eigenvalue weighted by Crippen LogP contribution is 2.26. The minimum Gasteiger partial charge on any atom is -0.494 e. The van der Waals surface area contributed by atoms with E-state index in [0.717, 1.165) is 28.5 Å². The molecule has 4 rings (SSSR count). The fraction of sp³-hybridized carbons (Fsp3) is 0.185. The van der Waals surface area contributed by atoms with Crippen LogP contribution in [0.3, 0.4) is 0 Å². The molecule has 1 amide bonds. The molecule has 0 bridgehead atoms. The first kappa shape index (κ1) is 26.2. The number of carbonyl (C=O) groups excluding carboxylic acids is 1. The zero-order chi connectivity index (χ0) is 26.0. The van der Waals surface area contributed by atoms with Crippen LogP contribution in [0.15, 0.2) is 89.1 Å². The largest absolute Gasteiger partial charge is 0.494 e. The van der Waals surface area contributed by atoms with Gasteiger partial charge in [-0.05, 0) is 67.9 Å². The summed E-state index contributed by atoms with van der Waals surface area (Å²) in [6, 6.07) is 24.8. The van der Waals surface area contributed by atoms with Gasteiger partial charge in [0.2, 0.25) is 0 Å². The summed E-state index contributed by atoms with van der Waals surface area (Å²) in [4.78, 5) is 12.7. The molecule has 4 aromatic rings. The second kappa shape index (κ2) is 12.9. The van der Waals surface area contributed by atoms with Crippen LogP contribution in [0.5, 0.6) is 5.75 Å². The Hall–Kier alpha value is -3.82. The summed E-state index contributed by atoms with van der Waals surface area (Å²) in [6.07, 6.45) is 1.57. The standard InChI is InChI=1S/C27H27ClN6O2S/c1-3-36-24-15-13-22(14-16-24)29-18-25-31-33-27(34(25)23-7-5-4-6-8-23)37-19(2)26(35)32-30-17-20-9-11-21(28)12-10-20/h4-17,19,29H,3,18H2,1-2H3,(H,32,35). The molecule has 0 fully saturated rings. The minimum atomic E-state index is -0.457. The van der Waals surface area contributed by atoms with E-state index in [1.165, 1.54) is 11.8 Å². The molecule has 1 heterocycles. The number of hydrogen-bond donors (Lipinski definition) is 2. The van der Waals surface area contributed by atoms with Crippen molar-refractivity contribution in [2.24, 2.45) is 5.10 Å². The predicted octanol–water partition coefficient (Wildman–Crippen LogP) is 5.56. The van der Waals surface area contributed by atoms with Gasteiger partial charge in [0.1, 0.15) is 5.75 Å². The van der Waals surface area contributed by atoms with Crippen molar-refractivity contribution in [1.29, 1.82) is 0 Å². The number of ether oxygens (including phenoxy) is 1. The molecule has 1 aromatic heterocycles. The fourth-order valence-electron chi connectivity index (χ4n) is 3.37. The Balaban J connectivity index is 1.45. The molecule has 0 aliphatic heterocycles. The molecule has 1 unspecified atom stereocenters. The average molecular weight is 535 g/mol. The molecule has 8 nitrogen and oxygen atoms in total. The SMILES string of the molecule is CCOc1ccc(NCc2nnc(SC(C)C(=O)NN=Cc3ccc(Cl)cc3)n2-c2ccccc2)cc1. The lowest BCUT2D eigenvalue weighted by atomic mass is 10.2. The summed E-state index contributed by atoms with van der Waals surface area (Å²) in [6.45, 7) is 4.83. The highest BCUT2D eigenvalue weighted by Gasteiger charge is 2.21. The zero-order valence-corrected chi connectivity index (χ0v) is 22.0. The Bertz CT molecular complexity index is 1330. The second-order valence-corrected chi connectivity index (χ2v) is 9.67. The van der Waals surface area contributed by atoms with Crippen LogP contribution in [0.4, 0.5) is 5.69 Å². The monoisotopic (exact) mass is 534 g/mol. The van der Waals surface area contributed by atoms with Crippen molar-refractivity contribution in [3.8, 4) is 11.4 Å². The Morgan fingerprint density at radius 3 is 2.51 bits per heavy atom. The average Bonchev–Trinajstić information content (AvgIpc) is 3.32. The molecule has 0 aliphatic rings. The number of hydrogen-bond acceptors (Lipinski definition) is 7. The van der Waals surface area contributed by atoms with Crippen LogP contribution in [0, 0.1) is 0 Å². The van der Waals surface area contributed by atoms with Gasteiger partial charge in [-0.3, -0.25) is 9.36 Å². The van der Waals surface area contributed by atoms with Gasteiger partial charge in [0.25, 0.3) is 5.91 Å². The van der Waals surface area contributed by atoms with Crippen molar-refractivity contribution in [2.75, 3.05) is 11.9 Å². The molecule has 0 aliphatic carbocycles. The van der Waals surface area contributed by atoms with E-state index < -0.39 is 5.25 Å². The number of carbonyl (C=O) groups is 1. The van der Waals surface area contributed by atoms with Gasteiger partial charge in [0.15, 0.2) is 11.0 Å². The van der Waals surface area contributed by atoms with E-state index in [0.29, 0.717) is 23.3 Å². The maximum absolute atomic E-state index is 12.7. The van der Waals surface area contributed by atoms with Crippen molar-refractivity contribution in [3.05, 3.63) is 95.3 Å². The second-order valence-electron chi connectivity index (χ2n) is 7.93. The third kappa shape index (κ3) is 7.34. The van der Waals surface area contributed by atoms with Gasteiger partial charge in [-0.25, -0.2) is 5.43 Å². The summed E-state index contributed by atoms with van der Waals surface area (Å²) >= 11 is 7.21. The van der Waals surface area contributed by atoms with E-state index in [9.17, 15) is 4.79 Å². The van der Waals surface area contributed by atoms with E-state index in [1.54, 1.807) is 25.3 Å². The lowest BCUT2D eigenvalue weighted by molar-refractivity contribution is -0.120. The number of benzene rings is 3. The van der Waals surface area contributed by atoms with Gasteiger partial charge in [0.05, 0.1) is 24.6 Å². The molecule has 190 valence electrons. The van der Waals surface area contributed by atoms with E-state index in [-0.39, 0.29) is 5.91 Å². The summed E-state index contributed by atoms with van der Waals surface area (Å²) in [5.41, 5.74) is 5.27. The number of nitrogens with one attached hydrogen (secondary N) is 2. The number of rotatable bonds is 11. The van der Waals surface area contributed by atoms with Gasteiger partial charge >= 0.3 is 0 Å².